The Labute approximate surface area is 132 Å². The topological polar surface area (TPSA) is 58.2 Å². The molecule has 2 N–H and O–H groups in total. The van der Waals surface area contributed by atoms with Crippen LogP contribution in [0.2, 0.25) is 5.02 Å². The molecule has 1 aromatic carbocycles. The van der Waals surface area contributed by atoms with Gasteiger partial charge in [0.2, 0.25) is 0 Å². The summed E-state index contributed by atoms with van der Waals surface area (Å²) in [5, 5.41) is 4.63. The van der Waals surface area contributed by atoms with E-state index in [4.69, 9.17) is 11.6 Å². The summed E-state index contributed by atoms with van der Waals surface area (Å²) in [5.41, 5.74) is 0.135. The van der Waals surface area contributed by atoms with Gasteiger partial charge < -0.3 is 5.32 Å². The first-order valence-corrected chi connectivity index (χ1v) is 8.92. The lowest BCUT2D eigenvalue weighted by Gasteiger charge is -2.07. The van der Waals surface area contributed by atoms with Crippen LogP contribution in [-0.2, 0) is 16.6 Å². The molecule has 114 valence electrons. The molecule has 4 nitrogen and oxygen atoms in total. The van der Waals surface area contributed by atoms with Crippen molar-refractivity contribution in [3.8, 4) is 0 Å². The minimum absolute atomic E-state index is 0.0543. The Kier molecular flexibility index (Phi) is 5.21. The zero-order valence-electron chi connectivity index (χ0n) is 11.2. The largest absolute Gasteiger partial charge is 0.312 e. The van der Waals surface area contributed by atoms with E-state index in [1.54, 1.807) is 11.4 Å². The third kappa shape index (κ3) is 4.16. The lowest BCUT2D eigenvalue weighted by Crippen LogP contribution is -2.13. The SMILES string of the molecule is CCNCc1cc(S(=O)(=O)Nc2ccc(Cl)c(F)c2)cs1. The lowest BCUT2D eigenvalue weighted by molar-refractivity contribution is 0.601. The fraction of sp³-hybridized carbons (Fsp3) is 0.231. The van der Waals surface area contributed by atoms with Gasteiger partial charge in [-0.2, -0.15) is 0 Å². The number of sulfonamides is 1. The van der Waals surface area contributed by atoms with Crippen LogP contribution < -0.4 is 10.0 Å². The van der Waals surface area contributed by atoms with Crippen molar-refractivity contribution in [2.45, 2.75) is 18.4 Å². The zero-order valence-corrected chi connectivity index (χ0v) is 13.6. The first-order valence-electron chi connectivity index (χ1n) is 6.18. The standard InChI is InChI=1S/C13H14ClFN2O2S2/c1-2-16-7-10-6-11(8-20-10)21(18,19)17-9-3-4-12(14)13(15)5-9/h3-6,8,16-17H,2,7H2,1H3. The van der Waals surface area contributed by atoms with Gasteiger partial charge in [-0.05, 0) is 30.8 Å². The summed E-state index contributed by atoms with van der Waals surface area (Å²) < 4.78 is 40.1. The minimum Gasteiger partial charge on any atom is -0.312 e. The Hall–Kier alpha value is -1.15. The van der Waals surface area contributed by atoms with Gasteiger partial charge in [-0.15, -0.1) is 11.3 Å². The molecule has 0 amide bonds. The van der Waals surface area contributed by atoms with Crippen LogP contribution in [0.1, 0.15) is 11.8 Å². The smallest absolute Gasteiger partial charge is 0.262 e. The molecular formula is C13H14ClFN2O2S2. The van der Waals surface area contributed by atoms with Gasteiger partial charge >= 0.3 is 0 Å². The highest BCUT2D eigenvalue weighted by Crippen LogP contribution is 2.24. The van der Waals surface area contributed by atoms with Crippen LogP contribution in [0, 0.1) is 5.82 Å². The van der Waals surface area contributed by atoms with Gasteiger partial charge in [0.05, 0.1) is 15.6 Å². The van der Waals surface area contributed by atoms with Crippen molar-refractivity contribution in [2.75, 3.05) is 11.3 Å². The van der Waals surface area contributed by atoms with Gasteiger partial charge in [0.15, 0.2) is 0 Å². The highest BCUT2D eigenvalue weighted by Gasteiger charge is 2.17. The van der Waals surface area contributed by atoms with E-state index in [1.807, 2.05) is 6.92 Å². The molecular weight excluding hydrogens is 335 g/mol. The fourth-order valence-electron chi connectivity index (χ4n) is 1.62. The van der Waals surface area contributed by atoms with Crippen LogP contribution >= 0.6 is 22.9 Å². The summed E-state index contributed by atoms with van der Waals surface area (Å²) in [4.78, 5) is 1.08. The van der Waals surface area contributed by atoms with Crippen molar-refractivity contribution >= 4 is 38.6 Å². The Morgan fingerprint density at radius 3 is 2.76 bits per heavy atom. The van der Waals surface area contributed by atoms with E-state index in [9.17, 15) is 12.8 Å². The van der Waals surface area contributed by atoms with Crippen LogP contribution in [0.4, 0.5) is 10.1 Å². The van der Waals surface area contributed by atoms with E-state index in [-0.39, 0.29) is 15.6 Å². The number of thiophene rings is 1. The maximum absolute atomic E-state index is 13.3. The number of rotatable bonds is 6. The van der Waals surface area contributed by atoms with E-state index < -0.39 is 15.8 Å². The number of hydrogen-bond donors (Lipinski definition) is 2. The summed E-state index contributed by atoms with van der Waals surface area (Å²) in [6.45, 7) is 3.40. The van der Waals surface area contributed by atoms with Gasteiger partial charge in [-0.25, -0.2) is 12.8 Å². The van der Waals surface area contributed by atoms with Gasteiger partial charge in [-0.3, -0.25) is 4.72 Å². The second-order valence-electron chi connectivity index (χ2n) is 4.26. The van der Waals surface area contributed by atoms with E-state index in [2.05, 4.69) is 10.0 Å². The highest BCUT2D eigenvalue weighted by atomic mass is 35.5. The molecule has 0 radical (unpaired) electrons. The molecule has 8 heteroatoms. The normalized spacial score (nSPS) is 11.6. The van der Waals surface area contributed by atoms with E-state index in [0.717, 1.165) is 17.5 Å². The molecule has 0 atom stereocenters. The second kappa shape index (κ2) is 6.74. The number of halogens is 2. The summed E-state index contributed by atoms with van der Waals surface area (Å²) in [5.74, 6) is -0.671. The van der Waals surface area contributed by atoms with Crippen LogP contribution in [0.25, 0.3) is 0 Å². The molecule has 0 saturated carbocycles. The molecule has 0 aliphatic carbocycles. The van der Waals surface area contributed by atoms with Gasteiger partial charge in [0, 0.05) is 16.8 Å². The molecule has 0 aliphatic rings. The number of nitrogens with one attached hydrogen (secondary N) is 2. The molecule has 2 aromatic rings. The first-order chi connectivity index (χ1) is 9.92. The average molecular weight is 349 g/mol. The maximum atomic E-state index is 13.3. The molecule has 1 aromatic heterocycles. The second-order valence-corrected chi connectivity index (χ2v) is 7.35. The van der Waals surface area contributed by atoms with E-state index >= 15 is 0 Å². The summed E-state index contributed by atoms with van der Waals surface area (Å²) >= 11 is 6.92. The maximum Gasteiger partial charge on any atom is 0.262 e. The quantitative estimate of drug-likeness (QED) is 0.840. The van der Waals surface area contributed by atoms with Crippen LogP contribution in [0.3, 0.4) is 0 Å². The van der Waals surface area contributed by atoms with Crippen LogP contribution in [0.5, 0.6) is 0 Å². The Morgan fingerprint density at radius 1 is 1.33 bits per heavy atom. The molecule has 1 heterocycles. The van der Waals surface area contributed by atoms with Crippen LogP contribution in [0.15, 0.2) is 34.5 Å². The summed E-state index contributed by atoms with van der Waals surface area (Å²) in [7, 11) is -3.72. The van der Waals surface area contributed by atoms with E-state index in [0.29, 0.717) is 6.54 Å². The molecule has 0 saturated heterocycles. The molecule has 0 spiro atoms. The monoisotopic (exact) mass is 348 g/mol. The Bertz CT molecular complexity index is 732. The Morgan fingerprint density at radius 2 is 2.10 bits per heavy atom. The number of benzene rings is 1. The minimum atomic E-state index is -3.72. The van der Waals surface area contributed by atoms with Crippen molar-refractivity contribution in [3.05, 3.63) is 45.4 Å². The molecule has 21 heavy (non-hydrogen) atoms. The molecule has 0 bridgehead atoms. The van der Waals surface area contributed by atoms with Crippen molar-refractivity contribution in [3.63, 3.8) is 0 Å². The van der Waals surface area contributed by atoms with E-state index in [1.165, 1.54) is 23.5 Å². The lowest BCUT2D eigenvalue weighted by atomic mass is 10.3. The average Bonchev–Trinajstić information content (AvgIpc) is 2.90. The highest BCUT2D eigenvalue weighted by molar-refractivity contribution is 7.92. The number of hydrogen-bond acceptors (Lipinski definition) is 4. The third-order valence-electron chi connectivity index (χ3n) is 2.66. The number of anilines is 1. The van der Waals surface area contributed by atoms with Crippen molar-refractivity contribution < 1.29 is 12.8 Å². The van der Waals surface area contributed by atoms with Crippen molar-refractivity contribution in [1.82, 2.24) is 5.32 Å². The van der Waals surface area contributed by atoms with Gasteiger partial charge in [0.1, 0.15) is 5.82 Å². The summed E-state index contributed by atoms with van der Waals surface area (Å²) in [6.07, 6.45) is 0. The predicted molar refractivity (Wildman–Crippen MR) is 83.9 cm³/mol. The molecule has 0 unspecified atom stereocenters. The molecule has 2 rings (SSSR count). The van der Waals surface area contributed by atoms with Crippen molar-refractivity contribution in [2.24, 2.45) is 0 Å². The fourth-order valence-corrected chi connectivity index (χ4v) is 4.03. The van der Waals surface area contributed by atoms with Crippen LogP contribution in [-0.4, -0.2) is 15.0 Å². The summed E-state index contributed by atoms with van der Waals surface area (Å²) in [6, 6.07) is 5.36. The molecule has 0 aliphatic heterocycles. The van der Waals surface area contributed by atoms with Crippen molar-refractivity contribution in [1.29, 1.82) is 0 Å². The predicted octanol–water partition coefficient (Wildman–Crippen LogP) is 3.45. The van der Waals surface area contributed by atoms with Gasteiger partial charge in [0.25, 0.3) is 10.0 Å². The molecule has 0 fully saturated rings. The van der Waals surface area contributed by atoms with Gasteiger partial charge in [-0.1, -0.05) is 18.5 Å². The third-order valence-corrected chi connectivity index (χ3v) is 5.41. The first kappa shape index (κ1) is 16.2. The Balaban J connectivity index is 2.17. The zero-order chi connectivity index (χ0) is 15.5.